The molecule has 0 radical (unpaired) electrons. The average molecular weight is 319 g/mol. The maximum atomic E-state index is 4.75. The van der Waals surface area contributed by atoms with Crippen molar-refractivity contribution in [2.45, 2.75) is 19.3 Å². The van der Waals surface area contributed by atoms with Gasteiger partial charge in [0.1, 0.15) is 0 Å². The third kappa shape index (κ3) is 1.44. The second kappa shape index (κ2) is 4.18. The lowest BCUT2D eigenvalue weighted by atomic mass is 9.79. The molecule has 0 saturated carbocycles. The molecule has 0 unspecified atom stereocenters. The first-order valence-corrected chi connectivity index (χ1v) is 8.84. The van der Waals surface area contributed by atoms with Crippen molar-refractivity contribution in [3.8, 4) is 0 Å². The Labute approximate surface area is 145 Å². The van der Waals surface area contributed by atoms with Crippen molar-refractivity contribution in [2.75, 3.05) is 0 Å². The smallest absolute Gasteiger partial charge is 0.0786 e. The highest BCUT2D eigenvalue weighted by Crippen LogP contribution is 2.53. The Hall–Kier alpha value is -2.93. The molecule has 0 N–H and O–H groups in total. The van der Waals surface area contributed by atoms with Crippen LogP contribution >= 0.6 is 0 Å². The summed E-state index contributed by atoms with van der Waals surface area (Å²) >= 11 is 0. The topological polar surface area (TPSA) is 12.9 Å². The minimum absolute atomic E-state index is 0.00165. The second-order valence-electron chi connectivity index (χ2n) is 7.65. The van der Waals surface area contributed by atoms with Gasteiger partial charge in [0.05, 0.1) is 5.52 Å². The summed E-state index contributed by atoms with van der Waals surface area (Å²) in [7, 11) is 0. The van der Waals surface area contributed by atoms with Gasteiger partial charge in [0.2, 0.25) is 0 Å². The van der Waals surface area contributed by atoms with Gasteiger partial charge >= 0.3 is 0 Å². The molecule has 0 bridgehead atoms. The highest BCUT2D eigenvalue weighted by atomic mass is 14.6. The molecule has 0 spiro atoms. The van der Waals surface area contributed by atoms with Gasteiger partial charge in [0.15, 0.2) is 0 Å². The highest BCUT2D eigenvalue weighted by Gasteiger charge is 2.36. The zero-order valence-electron chi connectivity index (χ0n) is 14.3. The van der Waals surface area contributed by atoms with Gasteiger partial charge in [-0.15, -0.1) is 0 Å². The van der Waals surface area contributed by atoms with Crippen LogP contribution in [0.15, 0.2) is 66.9 Å². The minimum Gasteiger partial charge on any atom is -0.256 e. The zero-order chi connectivity index (χ0) is 16.8. The molecular formula is C24H17N. The van der Waals surface area contributed by atoms with Crippen molar-refractivity contribution < 1.29 is 0 Å². The molecule has 0 aliphatic heterocycles. The number of hydrogen-bond acceptors (Lipinski definition) is 1. The van der Waals surface area contributed by atoms with Gasteiger partial charge in [0.25, 0.3) is 0 Å². The van der Waals surface area contributed by atoms with Crippen LogP contribution in [-0.4, -0.2) is 4.98 Å². The van der Waals surface area contributed by atoms with Gasteiger partial charge in [-0.05, 0) is 50.2 Å². The van der Waals surface area contributed by atoms with Gasteiger partial charge in [-0.3, -0.25) is 4.98 Å². The summed E-state index contributed by atoms with van der Waals surface area (Å²) in [5.41, 5.74) is 4.01. The maximum absolute atomic E-state index is 4.75. The predicted molar refractivity (Wildman–Crippen MR) is 106 cm³/mol. The van der Waals surface area contributed by atoms with E-state index in [-0.39, 0.29) is 5.41 Å². The van der Waals surface area contributed by atoms with Gasteiger partial charge in [0, 0.05) is 22.4 Å². The lowest BCUT2D eigenvalue weighted by Crippen LogP contribution is -2.15. The van der Waals surface area contributed by atoms with Crippen molar-refractivity contribution >= 4 is 43.2 Å². The lowest BCUT2D eigenvalue weighted by Gasteiger charge is -2.23. The maximum Gasteiger partial charge on any atom is 0.0786 e. The van der Waals surface area contributed by atoms with Crippen LogP contribution in [0, 0.1) is 0 Å². The lowest BCUT2D eigenvalue weighted by molar-refractivity contribution is 0.668. The Bertz CT molecular complexity index is 1360. The first kappa shape index (κ1) is 13.4. The summed E-state index contributed by atoms with van der Waals surface area (Å²) in [6, 6.07) is 22.1. The molecule has 1 aromatic heterocycles. The van der Waals surface area contributed by atoms with Crippen molar-refractivity contribution in [3.05, 3.63) is 78.0 Å². The van der Waals surface area contributed by atoms with Crippen molar-refractivity contribution in [1.82, 2.24) is 4.98 Å². The van der Waals surface area contributed by atoms with E-state index in [1.807, 2.05) is 6.20 Å². The molecule has 25 heavy (non-hydrogen) atoms. The van der Waals surface area contributed by atoms with E-state index >= 15 is 0 Å². The van der Waals surface area contributed by atoms with Crippen LogP contribution in [0.25, 0.3) is 43.2 Å². The number of rotatable bonds is 0. The molecule has 1 aliphatic rings. The van der Waals surface area contributed by atoms with Crippen LogP contribution < -0.4 is 0 Å². The molecule has 1 heterocycles. The summed E-state index contributed by atoms with van der Waals surface area (Å²) in [5.74, 6) is 0. The summed E-state index contributed by atoms with van der Waals surface area (Å²) in [6.45, 7) is 4.72. The van der Waals surface area contributed by atoms with Crippen molar-refractivity contribution in [1.29, 1.82) is 0 Å². The van der Waals surface area contributed by atoms with Crippen LogP contribution in [0.3, 0.4) is 0 Å². The molecule has 0 atom stereocenters. The molecular weight excluding hydrogens is 302 g/mol. The van der Waals surface area contributed by atoms with Crippen molar-refractivity contribution in [3.63, 3.8) is 0 Å². The minimum atomic E-state index is -0.00165. The van der Waals surface area contributed by atoms with E-state index in [4.69, 9.17) is 4.98 Å². The van der Waals surface area contributed by atoms with Gasteiger partial charge in [-0.2, -0.15) is 0 Å². The fourth-order valence-corrected chi connectivity index (χ4v) is 4.98. The molecule has 0 fully saturated rings. The fraction of sp³-hybridized carbons (Fsp3) is 0.125. The Kier molecular flexibility index (Phi) is 2.23. The first-order valence-electron chi connectivity index (χ1n) is 8.84. The molecule has 5 aromatic rings. The SMILES string of the molecule is CC1(C)c2c3ccccc3cc3c4cccnc4c4cccc1c4c23. The number of fused-ring (bicyclic) bond motifs is 5. The number of nitrogens with zero attached hydrogens (tertiary/aromatic N) is 1. The average Bonchev–Trinajstić information content (AvgIpc) is 2.89. The fourth-order valence-electron chi connectivity index (χ4n) is 4.98. The Morgan fingerprint density at radius 2 is 1.52 bits per heavy atom. The molecule has 1 nitrogen and oxygen atoms in total. The van der Waals surface area contributed by atoms with E-state index < -0.39 is 0 Å². The Balaban J connectivity index is 2.09. The van der Waals surface area contributed by atoms with E-state index in [1.165, 1.54) is 48.8 Å². The van der Waals surface area contributed by atoms with Gasteiger partial charge in [-0.25, -0.2) is 0 Å². The molecule has 118 valence electrons. The highest BCUT2D eigenvalue weighted by molar-refractivity contribution is 6.30. The van der Waals surface area contributed by atoms with Crippen LogP contribution in [0.2, 0.25) is 0 Å². The van der Waals surface area contributed by atoms with Crippen molar-refractivity contribution in [2.24, 2.45) is 0 Å². The second-order valence-corrected chi connectivity index (χ2v) is 7.65. The molecule has 1 aliphatic carbocycles. The zero-order valence-corrected chi connectivity index (χ0v) is 14.3. The van der Waals surface area contributed by atoms with Crippen LogP contribution in [0.5, 0.6) is 0 Å². The van der Waals surface area contributed by atoms with E-state index in [0.717, 1.165) is 5.52 Å². The molecule has 4 aromatic carbocycles. The molecule has 6 rings (SSSR count). The largest absolute Gasteiger partial charge is 0.256 e. The standard InChI is InChI=1S/C24H17N/c1-24(2)19-11-5-9-17-20(19)21-18(16-10-6-12-25-23(16)17)13-14-7-3-4-8-15(14)22(21)24/h3-13H,1-2H3. The van der Waals surface area contributed by atoms with E-state index in [1.54, 1.807) is 0 Å². The van der Waals surface area contributed by atoms with Gasteiger partial charge < -0.3 is 0 Å². The summed E-state index contributed by atoms with van der Waals surface area (Å²) in [6.07, 6.45) is 1.91. The third-order valence-electron chi connectivity index (χ3n) is 6.02. The summed E-state index contributed by atoms with van der Waals surface area (Å²) in [4.78, 5) is 4.75. The predicted octanol–water partition coefficient (Wildman–Crippen LogP) is 6.33. The molecule has 0 saturated heterocycles. The Morgan fingerprint density at radius 1 is 0.720 bits per heavy atom. The summed E-state index contributed by atoms with van der Waals surface area (Å²) in [5, 5.41) is 9.39. The van der Waals surface area contributed by atoms with Gasteiger partial charge in [-0.1, -0.05) is 62.4 Å². The third-order valence-corrected chi connectivity index (χ3v) is 6.02. The number of pyridine rings is 1. The number of aromatic nitrogens is 1. The van der Waals surface area contributed by atoms with Crippen LogP contribution in [0.1, 0.15) is 25.0 Å². The monoisotopic (exact) mass is 319 g/mol. The van der Waals surface area contributed by atoms with E-state index in [9.17, 15) is 0 Å². The quantitative estimate of drug-likeness (QED) is 0.240. The van der Waals surface area contributed by atoms with E-state index in [2.05, 4.69) is 74.5 Å². The molecule has 1 heteroatoms. The number of benzene rings is 4. The summed E-state index contributed by atoms with van der Waals surface area (Å²) < 4.78 is 0. The molecule has 0 amide bonds. The van der Waals surface area contributed by atoms with Crippen LogP contribution in [-0.2, 0) is 5.41 Å². The van der Waals surface area contributed by atoms with E-state index in [0.29, 0.717) is 0 Å². The Morgan fingerprint density at radius 3 is 2.44 bits per heavy atom. The number of hydrogen-bond donors (Lipinski definition) is 0. The van der Waals surface area contributed by atoms with Crippen LogP contribution in [0.4, 0.5) is 0 Å². The normalized spacial score (nSPS) is 15.1. The first-order chi connectivity index (χ1) is 12.2.